The average molecular weight is 269 g/mol. The molecule has 0 aliphatic heterocycles. The summed E-state index contributed by atoms with van der Waals surface area (Å²) in [5.74, 6) is -2.39. The Morgan fingerprint density at radius 3 is 2.39 bits per heavy atom. The molecule has 5 nitrogen and oxygen atoms in total. The average Bonchev–Trinajstić information content (AvgIpc) is 2.83. The van der Waals surface area contributed by atoms with Crippen molar-refractivity contribution in [3.63, 3.8) is 0 Å². The highest BCUT2D eigenvalue weighted by atomic mass is 32.1. The van der Waals surface area contributed by atoms with Crippen molar-refractivity contribution < 1.29 is 19.1 Å². The van der Waals surface area contributed by atoms with E-state index in [4.69, 9.17) is 9.47 Å². The van der Waals surface area contributed by atoms with Crippen LogP contribution >= 0.6 is 11.3 Å². The molecule has 18 heavy (non-hydrogen) atoms. The van der Waals surface area contributed by atoms with E-state index in [1.54, 1.807) is 19.9 Å². The topological polar surface area (TPSA) is 65.0 Å². The van der Waals surface area contributed by atoms with Gasteiger partial charge in [-0.15, -0.1) is 0 Å². The predicted molar refractivity (Wildman–Crippen MR) is 69.2 cm³/mol. The molecule has 0 radical (unpaired) electrons. The molecule has 1 aromatic rings. The fourth-order valence-electron chi connectivity index (χ4n) is 1.17. The fourth-order valence-corrected chi connectivity index (χ4v) is 1.75. The number of aliphatic imine (C=N–C) groups is 1. The second kappa shape index (κ2) is 7.60. The number of carbonyl (C=O) groups excluding carboxylic acids is 2. The molecule has 0 atom stereocenters. The van der Waals surface area contributed by atoms with E-state index in [1.807, 2.05) is 10.8 Å². The molecule has 0 amide bonds. The van der Waals surface area contributed by atoms with Crippen LogP contribution in [-0.4, -0.2) is 31.4 Å². The van der Waals surface area contributed by atoms with Crippen molar-refractivity contribution in [2.24, 2.45) is 10.9 Å². The number of carbonyl (C=O) groups is 2. The van der Waals surface area contributed by atoms with Crippen molar-refractivity contribution in [2.75, 3.05) is 13.2 Å². The molecule has 0 saturated carbocycles. The Balaban J connectivity index is 2.77. The first-order valence-electron chi connectivity index (χ1n) is 5.58. The summed E-state index contributed by atoms with van der Waals surface area (Å²) in [5.41, 5.74) is 0.693. The molecule has 0 aromatic carbocycles. The number of hydrogen-bond acceptors (Lipinski definition) is 6. The van der Waals surface area contributed by atoms with Crippen LogP contribution in [0.5, 0.6) is 0 Å². The molecule has 0 aliphatic carbocycles. The smallest absolute Gasteiger partial charge is 0.325 e. The van der Waals surface area contributed by atoms with Crippen LogP contribution in [0.3, 0.4) is 0 Å². The molecule has 0 bridgehead atoms. The Morgan fingerprint density at radius 2 is 1.94 bits per heavy atom. The second-order valence-corrected chi connectivity index (χ2v) is 4.02. The van der Waals surface area contributed by atoms with Crippen LogP contribution in [0.4, 0.5) is 5.69 Å². The van der Waals surface area contributed by atoms with Gasteiger partial charge in [0.15, 0.2) is 5.92 Å². The van der Waals surface area contributed by atoms with Crippen LogP contribution < -0.4 is 0 Å². The monoisotopic (exact) mass is 269 g/mol. The van der Waals surface area contributed by atoms with Gasteiger partial charge in [-0.3, -0.25) is 14.6 Å². The lowest BCUT2D eigenvalue weighted by Crippen LogP contribution is -2.29. The summed E-state index contributed by atoms with van der Waals surface area (Å²) in [6.45, 7) is 3.77. The molecule has 0 saturated heterocycles. The van der Waals surface area contributed by atoms with E-state index < -0.39 is 17.9 Å². The number of esters is 2. The minimum atomic E-state index is -1.11. The zero-order chi connectivity index (χ0) is 13.4. The normalized spacial score (nSPS) is 10.8. The lowest BCUT2D eigenvalue weighted by Gasteiger charge is -2.09. The predicted octanol–water partition coefficient (Wildman–Crippen LogP) is 2.19. The van der Waals surface area contributed by atoms with Gasteiger partial charge >= 0.3 is 11.9 Å². The summed E-state index contributed by atoms with van der Waals surface area (Å²) in [4.78, 5) is 27.3. The first-order valence-corrected chi connectivity index (χ1v) is 6.53. The summed E-state index contributed by atoms with van der Waals surface area (Å²) in [5, 5.41) is 3.67. The van der Waals surface area contributed by atoms with Crippen molar-refractivity contribution in [1.29, 1.82) is 0 Å². The van der Waals surface area contributed by atoms with E-state index in [2.05, 4.69) is 4.99 Å². The third kappa shape index (κ3) is 4.29. The van der Waals surface area contributed by atoms with Crippen molar-refractivity contribution >= 4 is 35.2 Å². The van der Waals surface area contributed by atoms with Gasteiger partial charge in [-0.05, 0) is 25.3 Å². The molecule has 98 valence electrons. The summed E-state index contributed by atoms with van der Waals surface area (Å²) >= 11 is 1.48. The van der Waals surface area contributed by atoms with Crippen molar-refractivity contribution in [1.82, 2.24) is 0 Å². The van der Waals surface area contributed by atoms with Gasteiger partial charge in [0.05, 0.1) is 18.9 Å². The Kier molecular flexibility index (Phi) is 6.07. The number of rotatable bonds is 6. The SMILES string of the molecule is CCOC(=O)C(C=Nc1ccsc1)C(=O)OCC. The van der Waals surface area contributed by atoms with Gasteiger partial charge in [-0.2, -0.15) is 11.3 Å². The van der Waals surface area contributed by atoms with Crippen LogP contribution in [0, 0.1) is 5.92 Å². The Bertz CT molecular complexity index is 396. The third-order valence-corrected chi connectivity index (χ3v) is 2.63. The quantitative estimate of drug-likeness (QED) is 0.451. The zero-order valence-corrected chi connectivity index (χ0v) is 11.1. The number of ether oxygens (including phenoxy) is 2. The van der Waals surface area contributed by atoms with Gasteiger partial charge < -0.3 is 9.47 Å². The summed E-state index contributed by atoms with van der Waals surface area (Å²) in [6, 6.07) is 1.79. The van der Waals surface area contributed by atoms with Crippen molar-refractivity contribution in [2.45, 2.75) is 13.8 Å². The highest BCUT2D eigenvalue weighted by Gasteiger charge is 2.27. The first-order chi connectivity index (χ1) is 8.69. The molecule has 0 aliphatic rings. The first kappa shape index (κ1) is 14.4. The molecule has 0 N–H and O–H groups in total. The van der Waals surface area contributed by atoms with Crippen molar-refractivity contribution in [3.05, 3.63) is 16.8 Å². The van der Waals surface area contributed by atoms with Crippen molar-refractivity contribution in [3.8, 4) is 0 Å². The summed E-state index contributed by atoms with van der Waals surface area (Å²) in [6.07, 6.45) is 1.26. The van der Waals surface area contributed by atoms with Gasteiger partial charge in [-0.25, -0.2) is 0 Å². The lowest BCUT2D eigenvalue weighted by atomic mass is 10.2. The number of thiophene rings is 1. The molecule has 0 spiro atoms. The maximum atomic E-state index is 11.6. The van der Waals surface area contributed by atoms with E-state index in [0.29, 0.717) is 5.69 Å². The molecule has 1 heterocycles. The van der Waals surface area contributed by atoms with E-state index in [1.165, 1.54) is 17.6 Å². The molecule has 1 rings (SSSR count). The van der Waals surface area contributed by atoms with Crippen LogP contribution in [0.25, 0.3) is 0 Å². The Hall–Kier alpha value is -1.69. The molecule has 1 aromatic heterocycles. The summed E-state index contributed by atoms with van der Waals surface area (Å²) in [7, 11) is 0. The molecule has 0 fully saturated rings. The molecule has 0 unspecified atom stereocenters. The number of hydrogen-bond donors (Lipinski definition) is 0. The largest absolute Gasteiger partial charge is 0.465 e. The maximum absolute atomic E-state index is 11.6. The van der Waals surface area contributed by atoms with Crippen LogP contribution in [-0.2, 0) is 19.1 Å². The standard InChI is InChI=1S/C12H15NO4S/c1-3-16-11(14)10(12(15)17-4-2)7-13-9-5-6-18-8-9/h5-8,10H,3-4H2,1-2H3. The van der Waals surface area contributed by atoms with Gasteiger partial charge in [0.2, 0.25) is 0 Å². The Labute approximate surface area is 109 Å². The van der Waals surface area contributed by atoms with E-state index in [0.717, 1.165) is 0 Å². The minimum absolute atomic E-state index is 0.209. The van der Waals surface area contributed by atoms with Gasteiger partial charge in [0.25, 0.3) is 0 Å². The Morgan fingerprint density at radius 1 is 1.33 bits per heavy atom. The number of nitrogens with zero attached hydrogens (tertiary/aromatic N) is 1. The minimum Gasteiger partial charge on any atom is -0.465 e. The van der Waals surface area contributed by atoms with Gasteiger partial charge in [0.1, 0.15) is 0 Å². The second-order valence-electron chi connectivity index (χ2n) is 3.24. The van der Waals surface area contributed by atoms with Crippen LogP contribution in [0.2, 0.25) is 0 Å². The fraction of sp³-hybridized carbons (Fsp3) is 0.417. The van der Waals surface area contributed by atoms with Crippen LogP contribution in [0.15, 0.2) is 21.8 Å². The van der Waals surface area contributed by atoms with Gasteiger partial charge in [-0.1, -0.05) is 0 Å². The van der Waals surface area contributed by atoms with E-state index in [9.17, 15) is 9.59 Å². The third-order valence-electron chi connectivity index (χ3n) is 1.96. The highest BCUT2D eigenvalue weighted by molar-refractivity contribution is 7.08. The molecular weight excluding hydrogens is 254 g/mol. The van der Waals surface area contributed by atoms with Gasteiger partial charge in [0, 0.05) is 11.6 Å². The van der Waals surface area contributed by atoms with E-state index >= 15 is 0 Å². The maximum Gasteiger partial charge on any atom is 0.325 e. The summed E-state index contributed by atoms with van der Waals surface area (Å²) < 4.78 is 9.63. The van der Waals surface area contributed by atoms with Crippen LogP contribution in [0.1, 0.15) is 13.8 Å². The zero-order valence-electron chi connectivity index (χ0n) is 10.3. The molecule has 6 heteroatoms. The lowest BCUT2D eigenvalue weighted by molar-refractivity contribution is -0.157. The molecular formula is C12H15NO4S. The van der Waals surface area contributed by atoms with E-state index in [-0.39, 0.29) is 13.2 Å². The highest BCUT2D eigenvalue weighted by Crippen LogP contribution is 2.16.